The number of nitrogens with two attached hydrogens (primary N) is 1. The Bertz CT molecular complexity index is 1980. The summed E-state index contributed by atoms with van der Waals surface area (Å²) < 4.78 is 96.8. The molecule has 2 aromatic heterocycles. The normalized spacial score (nSPS) is 24.6. The predicted molar refractivity (Wildman–Crippen MR) is 174 cm³/mol. The maximum Gasteiger partial charge on any atom is 0.417 e. The molecule has 1 amide bonds. The molecule has 3 aliphatic rings. The van der Waals surface area contributed by atoms with Crippen LogP contribution in [-0.2, 0) is 11.0 Å². The number of rotatable bonds is 6. The average molecular weight is 706 g/mol. The van der Waals surface area contributed by atoms with E-state index in [2.05, 4.69) is 21.5 Å². The zero-order valence-corrected chi connectivity index (χ0v) is 27.5. The van der Waals surface area contributed by atoms with E-state index in [1.807, 2.05) is 4.90 Å². The smallest absolute Gasteiger partial charge is 0.417 e. The largest absolute Gasteiger partial charge is 0.461 e. The van der Waals surface area contributed by atoms with Crippen molar-refractivity contribution in [2.45, 2.75) is 63.1 Å². The fraction of sp³-hybridized carbons (Fsp3) is 0.455. The van der Waals surface area contributed by atoms with Crippen molar-refractivity contribution in [3.05, 3.63) is 48.1 Å². The lowest BCUT2D eigenvalue weighted by Gasteiger charge is -2.44. The molecule has 16 heteroatoms. The minimum atomic E-state index is -5.06. The Hall–Kier alpha value is -4.18. The number of nitrogen functional groups attached to an aromatic ring is 1. The Balaban J connectivity index is 1.42. The molecule has 49 heavy (non-hydrogen) atoms. The van der Waals surface area contributed by atoms with Crippen LogP contribution >= 0.6 is 11.3 Å². The predicted octanol–water partition coefficient (Wildman–Crippen LogP) is 6.35. The highest BCUT2D eigenvalue weighted by atomic mass is 32.1. The third kappa shape index (κ3) is 5.62. The highest BCUT2D eigenvalue weighted by molar-refractivity contribution is 7.22. The lowest BCUT2D eigenvalue weighted by atomic mass is 9.94. The van der Waals surface area contributed by atoms with Crippen molar-refractivity contribution in [2.75, 3.05) is 43.4 Å². The van der Waals surface area contributed by atoms with E-state index < -0.39 is 58.2 Å². The number of halogens is 6. The molecule has 4 aromatic rings. The first-order valence-electron chi connectivity index (χ1n) is 15.9. The van der Waals surface area contributed by atoms with E-state index in [4.69, 9.17) is 10.5 Å². The van der Waals surface area contributed by atoms with Crippen molar-refractivity contribution in [3.8, 4) is 17.1 Å². The molecular weight excluding hydrogens is 672 g/mol. The number of carbonyl (C=O) groups excluding carboxylic acids is 1. The average Bonchev–Trinajstić information content (AvgIpc) is 3.71. The van der Waals surface area contributed by atoms with Gasteiger partial charge in [0.2, 0.25) is 5.91 Å². The zero-order valence-electron chi connectivity index (χ0n) is 26.7. The molecule has 7 rings (SSSR count). The van der Waals surface area contributed by atoms with Crippen molar-refractivity contribution in [1.82, 2.24) is 24.8 Å². The quantitative estimate of drug-likeness (QED) is 0.183. The number of carbonyl (C=O) groups is 1. The standard InChI is InChI=1S/C33H33F6N7O2S/c1-4-23(47)46-16(2)12-44(13-17(46)3)29-20-10-21(33(37,38)39)24(19-6-7-22(35)28-27(19)41-30(40)49-28)25(36)26(20)42-31(43-29)48-15-32-8-5-9-45(32)14-18(34)11-32/h4,6-7,10,16-18H,1,5,8-9,11-15H2,2-3H3,(H2,40,41)/t16-,17+,18-,32-/m0/s1. The van der Waals surface area contributed by atoms with E-state index in [0.29, 0.717) is 13.0 Å². The molecule has 3 aliphatic heterocycles. The van der Waals surface area contributed by atoms with Crippen LogP contribution in [0.2, 0.25) is 0 Å². The first kappa shape index (κ1) is 33.3. The van der Waals surface area contributed by atoms with Crippen LogP contribution in [0.5, 0.6) is 6.01 Å². The molecule has 3 saturated heterocycles. The highest BCUT2D eigenvalue weighted by Crippen LogP contribution is 2.46. The highest BCUT2D eigenvalue weighted by Gasteiger charge is 2.49. The van der Waals surface area contributed by atoms with Gasteiger partial charge in [0.15, 0.2) is 10.9 Å². The van der Waals surface area contributed by atoms with Crippen LogP contribution in [0.1, 0.15) is 38.7 Å². The van der Waals surface area contributed by atoms with Crippen LogP contribution in [-0.4, -0.2) is 87.2 Å². The summed E-state index contributed by atoms with van der Waals surface area (Å²) >= 11 is 0.735. The summed E-state index contributed by atoms with van der Waals surface area (Å²) in [6.45, 7) is 8.40. The molecule has 4 atom stereocenters. The van der Waals surface area contributed by atoms with Crippen LogP contribution in [0, 0.1) is 11.6 Å². The molecule has 0 saturated carbocycles. The van der Waals surface area contributed by atoms with Crippen LogP contribution in [0.3, 0.4) is 0 Å². The van der Waals surface area contributed by atoms with E-state index in [9.17, 15) is 26.7 Å². The summed E-state index contributed by atoms with van der Waals surface area (Å²) in [4.78, 5) is 30.8. The van der Waals surface area contributed by atoms with Gasteiger partial charge < -0.3 is 20.3 Å². The number of aromatic nitrogens is 3. The molecular formula is C33H33F6N7O2S. The van der Waals surface area contributed by atoms with Gasteiger partial charge in [0.05, 0.1) is 21.3 Å². The molecule has 2 aromatic carbocycles. The van der Waals surface area contributed by atoms with Gasteiger partial charge in [0.1, 0.15) is 29.9 Å². The van der Waals surface area contributed by atoms with Gasteiger partial charge in [-0.25, -0.2) is 18.2 Å². The summed E-state index contributed by atoms with van der Waals surface area (Å²) in [6, 6.07) is 1.65. The third-order valence-corrected chi connectivity index (χ3v) is 10.7. The van der Waals surface area contributed by atoms with Gasteiger partial charge in [-0.15, -0.1) is 0 Å². The number of hydrogen-bond donors (Lipinski definition) is 1. The Kier molecular flexibility index (Phi) is 8.16. The summed E-state index contributed by atoms with van der Waals surface area (Å²) in [5.74, 6) is -2.41. The number of alkyl halides is 4. The van der Waals surface area contributed by atoms with Crippen LogP contribution in [0.25, 0.3) is 32.2 Å². The van der Waals surface area contributed by atoms with Crippen LogP contribution in [0.4, 0.5) is 37.3 Å². The number of amides is 1. The fourth-order valence-electron chi connectivity index (χ4n) is 7.86. The van der Waals surface area contributed by atoms with Gasteiger partial charge in [0, 0.05) is 54.7 Å². The summed E-state index contributed by atoms with van der Waals surface area (Å²) in [6.07, 6.45) is -3.15. The molecule has 0 radical (unpaired) electrons. The monoisotopic (exact) mass is 705 g/mol. The summed E-state index contributed by atoms with van der Waals surface area (Å²) in [7, 11) is 0. The first-order valence-corrected chi connectivity index (χ1v) is 16.7. The maximum absolute atomic E-state index is 16.9. The van der Waals surface area contributed by atoms with Crippen molar-refractivity contribution < 1.29 is 35.9 Å². The second-order valence-corrected chi connectivity index (χ2v) is 14.1. The minimum absolute atomic E-state index is 0.00141. The van der Waals surface area contributed by atoms with Gasteiger partial charge in [-0.2, -0.15) is 23.1 Å². The molecule has 3 fully saturated rings. The van der Waals surface area contributed by atoms with E-state index in [0.717, 1.165) is 36.0 Å². The van der Waals surface area contributed by atoms with E-state index in [-0.39, 0.29) is 76.7 Å². The number of thiazole rings is 1. The molecule has 5 heterocycles. The molecule has 9 nitrogen and oxygen atoms in total. The van der Waals surface area contributed by atoms with E-state index >= 15 is 4.39 Å². The molecule has 0 spiro atoms. The fourth-order valence-corrected chi connectivity index (χ4v) is 8.62. The van der Waals surface area contributed by atoms with E-state index in [1.54, 1.807) is 23.6 Å². The minimum Gasteiger partial charge on any atom is -0.461 e. The SMILES string of the molecule is C=CC(=O)N1[C@H](C)CN(c2nc(OC[C@@]34CCCN3C[C@@H](F)C4)nc3c(F)c(-c4ccc(F)c5sc(N)nc45)c(C(F)(F)F)cc23)C[C@@H]1C. The van der Waals surface area contributed by atoms with Gasteiger partial charge in [0.25, 0.3) is 0 Å². The molecule has 2 N–H and O–H groups in total. The topological polar surface area (TPSA) is 101 Å². The Morgan fingerprint density at radius 1 is 1.14 bits per heavy atom. The van der Waals surface area contributed by atoms with Gasteiger partial charge in [-0.05, 0) is 57.5 Å². The summed E-state index contributed by atoms with van der Waals surface area (Å²) in [5, 5.41) is -0.332. The van der Waals surface area contributed by atoms with Crippen molar-refractivity contribution in [3.63, 3.8) is 0 Å². The lowest BCUT2D eigenvalue weighted by molar-refractivity contribution is -0.137. The molecule has 0 aliphatic carbocycles. The Morgan fingerprint density at radius 3 is 2.57 bits per heavy atom. The number of anilines is 2. The third-order valence-electron chi connectivity index (χ3n) is 9.86. The molecule has 0 bridgehead atoms. The second-order valence-electron chi connectivity index (χ2n) is 13.1. The number of fused-ring (bicyclic) bond motifs is 3. The summed E-state index contributed by atoms with van der Waals surface area (Å²) in [5.41, 5.74) is 2.01. The van der Waals surface area contributed by atoms with Gasteiger partial charge in [-0.3, -0.25) is 9.69 Å². The van der Waals surface area contributed by atoms with Crippen LogP contribution in [0.15, 0.2) is 30.9 Å². The Labute approximate surface area is 281 Å². The van der Waals surface area contributed by atoms with Gasteiger partial charge in [-0.1, -0.05) is 17.9 Å². The van der Waals surface area contributed by atoms with Crippen LogP contribution < -0.4 is 15.4 Å². The molecule has 0 unspecified atom stereocenters. The number of benzene rings is 2. The van der Waals surface area contributed by atoms with Crippen molar-refractivity contribution in [1.29, 1.82) is 0 Å². The number of nitrogens with zero attached hydrogens (tertiary/aromatic N) is 6. The lowest BCUT2D eigenvalue weighted by Crippen LogP contribution is -2.58. The van der Waals surface area contributed by atoms with Gasteiger partial charge >= 0.3 is 12.2 Å². The first-order chi connectivity index (χ1) is 23.2. The number of piperazine rings is 1. The maximum atomic E-state index is 16.9. The zero-order chi connectivity index (χ0) is 35.0. The van der Waals surface area contributed by atoms with Crippen molar-refractivity contribution in [2.24, 2.45) is 0 Å². The van der Waals surface area contributed by atoms with E-state index in [1.165, 1.54) is 6.08 Å². The Morgan fingerprint density at radius 2 is 1.88 bits per heavy atom. The second kappa shape index (κ2) is 12.0. The number of hydrogen-bond acceptors (Lipinski definition) is 9. The van der Waals surface area contributed by atoms with Crippen molar-refractivity contribution >= 4 is 49.3 Å². The molecule has 260 valence electrons. The number of ether oxygens (including phenoxy) is 1.